The summed E-state index contributed by atoms with van der Waals surface area (Å²) < 4.78 is 16.1. The molecule has 5 rings (SSSR count). The Labute approximate surface area is 155 Å². The summed E-state index contributed by atoms with van der Waals surface area (Å²) in [6, 6.07) is 11.4. The van der Waals surface area contributed by atoms with Crippen LogP contribution in [0.1, 0.15) is 51.8 Å². The summed E-state index contributed by atoms with van der Waals surface area (Å²) in [4.78, 5) is 23.0. The van der Waals surface area contributed by atoms with Crippen LogP contribution in [0.2, 0.25) is 0 Å². The van der Waals surface area contributed by atoms with Crippen molar-refractivity contribution in [1.29, 1.82) is 0 Å². The number of pyridine rings is 1. The molecule has 1 aromatic carbocycles. The first-order chi connectivity index (χ1) is 13.2. The van der Waals surface area contributed by atoms with Crippen LogP contribution in [0.25, 0.3) is 0 Å². The van der Waals surface area contributed by atoms with Crippen LogP contribution in [-0.4, -0.2) is 37.1 Å². The van der Waals surface area contributed by atoms with Crippen molar-refractivity contribution in [3.63, 3.8) is 0 Å². The lowest BCUT2D eigenvalue weighted by Crippen LogP contribution is -2.36. The monoisotopic (exact) mass is 363 g/mol. The number of aromatic nitrogens is 4. The van der Waals surface area contributed by atoms with Gasteiger partial charge in [-0.25, -0.2) is 14.1 Å². The lowest BCUT2D eigenvalue weighted by Gasteiger charge is -2.27. The minimum atomic E-state index is -1.21. The zero-order chi connectivity index (χ0) is 18.4. The quantitative estimate of drug-likeness (QED) is 0.702. The first kappa shape index (κ1) is 16.1. The normalized spacial score (nSPS) is 21.0. The number of carbonyl (C=O) groups excluding carboxylic acids is 1. The van der Waals surface area contributed by atoms with Crippen molar-refractivity contribution in [2.45, 2.75) is 31.6 Å². The summed E-state index contributed by atoms with van der Waals surface area (Å²) in [6.07, 6.45) is 3.42. The summed E-state index contributed by atoms with van der Waals surface area (Å²) in [6.45, 7) is 1.09. The number of hydrogen-bond donors (Lipinski definition) is 0. The van der Waals surface area contributed by atoms with Crippen molar-refractivity contribution >= 4 is 5.91 Å². The zero-order valence-electron chi connectivity index (χ0n) is 14.6. The molecule has 4 heterocycles. The van der Waals surface area contributed by atoms with Crippen LogP contribution in [0.5, 0.6) is 0 Å². The SMILES string of the molecule is O=C(c1nc2n(n1)C(c1ccccc1)CC2F)N1CCc2cnccc2C1. The summed E-state index contributed by atoms with van der Waals surface area (Å²) in [5, 5.41) is 4.39. The van der Waals surface area contributed by atoms with Gasteiger partial charge in [0, 0.05) is 31.9 Å². The molecule has 136 valence electrons. The number of nitrogens with zero attached hydrogens (tertiary/aromatic N) is 5. The predicted octanol–water partition coefficient (Wildman–Crippen LogP) is 2.88. The van der Waals surface area contributed by atoms with E-state index in [2.05, 4.69) is 15.1 Å². The van der Waals surface area contributed by atoms with Crippen molar-refractivity contribution < 1.29 is 9.18 Å². The number of rotatable bonds is 2. The number of halogens is 1. The largest absolute Gasteiger partial charge is 0.331 e. The third-order valence-corrected chi connectivity index (χ3v) is 5.34. The Morgan fingerprint density at radius 3 is 2.85 bits per heavy atom. The van der Waals surface area contributed by atoms with E-state index >= 15 is 0 Å². The maximum atomic E-state index is 14.5. The van der Waals surface area contributed by atoms with Gasteiger partial charge >= 0.3 is 0 Å². The fraction of sp³-hybridized carbons (Fsp3) is 0.300. The molecule has 1 amide bonds. The number of amides is 1. The third-order valence-electron chi connectivity index (χ3n) is 5.34. The minimum Gasteiger partial charge on any atom is -0.331 e. The average Bonchev–Trinajstić information content (AvgIpc) is 3.28. The average molecular weight is 363 g/mol. The van der Waals surface area contributed by atoms with Crippen LogP contribution in [-0.2, 0) is 13.0 Å². The Balaban J connectivity index is 1.43. The van der Waals surface area contributed by atoms with E-state index in [0.29, 0.717) is 19.5 Å². The fourth-order valence-corrected chi connectivity index (χ4v) is 3.91. The van der Waals surface area contributed by atoms with Crippen LogP contribution in [0, 0.1) is 0 Å². The van der Waals surface area contributed by atoms with Crippen LogP contribution >= 0.6 is 0 Å². The first-order valence-corrected chi connectivity index (χ1v) is 9.07. The molecule has 0 bridgehead atoms. The van der Waals surface area contributed by atoms with Gasteiger partial charge in [-0.3, -0.25) is 9.78 Å². The van der Waals surface area contributed by atoms with Crippen molar-refractivity contribution in [2.24, 2.45) is 0 Å². The summed E-state index contributed by atoms with van der Waals surface area (Å²) in [5.74, 6) is 0.0676. The Hall–Kier alpha value is -3.09. The van der Waals surface area contributed by atoms with Gasteiger partial charge in [0.05, 0.1) is 6.04 Å². The van der Waals surface area contributed by atoms with E-state index in [1.807, 2.05) is 42.6 Å². The summed E-state index contributed by atoms with van der Waals surface area (Å²) in [5.41, 5.74) is 3.22. The van der Waals surface area contributed by atoms with Crippen LogP contribution in [0.3, 0.4) is 0 Å². The van der Waals surface area contributed by atoms with Crippen LogP contribution in [0.15, 0.2) is 48.8 Å². The molecular weight excluding hydrogens is 345 g/mol. The van der Waals surface area contributed by atoms with E-state index in [4.69, 9.17) is 0 Å². The van der Waals surface area contributed by atoms with Crippen molar-refractivity contribution in [1.82, 2.24) is 24.6 Å². The van der Waals surface area contributed by atoms with Gasteiger partial charge in [0.2, 0.25) is 5.82 Å². The summed E-state index contributed by atoms with van der Waals surface area (Å²) >= 11 is 0. The Morgan fingerprint density at radius 2 is 2.00 bits per heavy atom. The minimum absolute atomic E-state index is 0.0748. The zero-order valence-corrected chi connectivity index (χ0v) is 14.6. The number of fused-ring (bicyclic) bond motifs is 2. The fourth-order valence-electron chi connectivity index (χ4n) is 3.91. The number of alkyl halides is 1. The molecular formula is C20H18FN5O. The molecule has 7 heteroatoms. The highest BCUT2D eigenvalue weighted by atomic mass is 19.1. The maximum absolute atomic E-state index is 14.5. The Kier molecular flexibility index (Phi) is 3.74. The predicted molar refractivity (Wildman–Crippen MR) is 95.8 cm³/mol. The molecule has 2 aromatic heterocycles. The highest BCUT2D eigenvalue weighted by Gasteiger charge is 2.37. The third kappa shape index (κ3) is 2.70. The standard InChI is InChI=1S/C20H18FN5O/c21-16-10-17(13-4-2-1-3-5-13)26-19(16)23-18(24-26)20(27)25-9-7-14-11-22-8-6-15(14)12-25/h1-6,8,11,16-17H,7,9-10,12H2. The molecule has 0 aliphatic carbocycles. The lowest BCUT2D eigenvalue weighted by atomic mass is 10.0. The number of benzene rings is 1. The second-order valence-corrected chi connectivity index (χ2v) is 6.99. The molecule has 0 saturated carbocycles. The van der Waals surface area contributed by atoms with E-state index in [0.717, 1.165) is 23.1 Å². The second-order valence-electron chi connectivity index (χ2n) is 6.99. The van der Waals surface area contributed by atoms with Crippen molar-refractivity contribution in [3.05, 3.63) is 77.1 Å². The molecule has 0 fully saturated rings. The van der Waals surface area contributed by atoms with Crippen LogP contribution in [0.4, 0.5) is 4.39 Å². The molecule has 2 aliphatic rings. The lowest BCUT2D eigenvalue weighted by molar-refractivity contribution is 0.0721. The first-order valence-electron chi connectivity index (χ1n) is 9.07. The van der Waals surface area contributed by atoms with Gasteiger partial charge in [0.15, 0.2) is 12.0 Å². The Morgan fingerprint density at radius 1 is 1.15 bits per heavy atom. The highest BCUT2D eigenvalue weighted by Crippen LogP contribution is 2.39. The molecule has 0 spiro atoms. The smallest absolute Gasteiger partial charge is 0.293 e. The van der Waals surface area contributed by atoms with Gasteiger partial charge in [-0.05, 0) is 29.2 Å². The maximum Gasteiger partial charge on any atom is 0.293 e. The van der Waals surface area contributed by atoms with E-state index in [1.54, 1.807) is 15.8 Å². The molecule has 0 N–H and O–H groups in total. The molecule has 27 heavy (non-hydrogen) atoms. The molecule has 3 aromatic rings. The van der Waals surface area contributed by atoms with Crippen LogP contribution < -0.4 is 0 Å². The van der Waals surface area contributed by atoms with E-state index in [-0.39, 0.29) is 23.6 Å². The van der Waals surface area contributed by atoms with Gasteiger partial charge in [-0.15, -0.1) is 5.10 Å². The molecule has 0 saturated heterocycles. The number of hydrogen-bond acceptors (Lipinski definition) is 4. The van der Waals surface area contributed by atoms with E-state index < -0.39 is 6.17 Å². The van der Waals surface area contributed by atoms with Crippen molar-refractivity contribution in [3.8, 4) is 0 Å². The van der Waals surface area contributed by atoms with Gasteiger partial charge in [-0.2, -0.15) is 0 Å². The van der Waals surface area contributed by atoms with E-state index in [9.17, 15) is 9.18 Å². The molecule has 6 nitrogen and oxygen atoms in total. The number of carbonyl (C=O) groups is 1. The van der Waals surface area contributed by atoms with E-state index in [1.165, 1.54) is 0 Å². The van der Waals surface area contributed by atoms with Gasteiger partial charge in [-0.1, -0.05) is 30.3 Å². The van der Waals surface area contributed by atoms with Crippen molar-refractivity contribution in [2.75, 3.05) is 6.54 Å². The van der Waals surface area contributed by atoms with Gasteiger partial charge in [0.1, 0.15) is 0 Å². The van der Waals surface area contributed by atoms with Gasteiger partial charge < -0.3 is 4.90 Å². The molecule has 2 aliphatic heterocycles. The molecule has 2 unspecified atom stereocenters. The Bertz CT molecular complexity index is 1000. The molecule has 0 radical (unpaired) electrons. The second kappa shape index (κ2) is 6.26. The summed E-state index contributed by atoms with van der Waals surface area (Å²) in [7, 11) is 0. The topological polar surface area (TPSA) is 63.9 Å². The highest BCUT2D eigenvalue weighted by molar-refractivity contribution is 5.90. The van der Waals surface area contributed by atoms with Gasteiger partial charge in [0.25, 0.3) is 5.91 Å². The molecule has 2 atom stereocenters.